The number of ether oxygens (including phenoxy) is 3. The summed E-state index contributed by atoms with van der Waals surface area (Å²) in [7, 11) is 3.20. The second-order valence-electron chi connectivity index (χ2n) is 6.61. The fraction of sp³-hybridized carbons (Fsp3) is 0.409. The average Bonchev–Trinajstić information content (AvgIpc) is 2.67. The van der Waals surface area contributed by atoms with Gasteiger partial charge in [0.25, 0.3) is 5.91 Å². The Morgan fingerprint density at radius 1 is 1.00 bits per heavy atom. The molecule has 0 saturated carbocycles. The predicted octanol–water partition coefficient (Wildman–Crippen LogP) is 4.36. The van der Waals surface area contributed by atoms with E-state index >= 15 is 0 Å². The molecule has 27 heavy (non-hydrogen) atoms. The largest absolute Gasteiger partial charge is 0.493 e. The zero-order chi connectivity index (χ0) is 20.0. The van der Waals surface area contributed by atoms with Crippen molar-refractivity contribution >= 4 is 5.91 Å². The van der Waals surface area contributed by atoms with Crippen LogP contribution in [0, 0.1) is 13.8 Å². The number of carbonyl (C=O) groups is 1. The number of hydrogen-bond acceptors (Lipinski definition) is 4. The minimum absolute atomic E-state index is 0.137. The van der Waals surface area contributed by atoms with E-state index in [-0.39, 0.29) is 11.9 Å². The SMILES string of the molecule is CC[C@@H](NC(=O)[C@H](C)Oc1ccc(C)cc1C)c1ccc(OC)c(OC)c1. The summed E-state index contributed by atoms with van der Waals surface area (Å²) in [6.07, 6.45) is 0.151. The maximum atomic E-state index is 12.7. The number of amides is 1. The van der Waals surface area contributed by atoms with E-state index in [2.05, 4.69) is 5.32 Å². The third-order valence-electron chi connectivity index (χ3n) is 4.54. The second kappa shape index (κ2) is 9.31. The Morgan fingerprint density at radius 2 is 1.67 bits per heavy atom. The normalized spacial score (nSPS) is 12.8. The smallest absolute Gasteiger partial charge is 0.261 e. The summed E-state index contributed by atoms with van der Waals surface area (Å²) >= 11 is 0. The lowest BCUT2D eigenvalue weighted by molar-refractivity contribution is -0.128. The van der Waals surface area contributed by atoms with Crippen molar-refractivity contribution in [3.8, 4) is 17.2 Å². The molecule has 5 nitrogen and oxygen atoms in total. The third-order valence-corrected chi connectivity index (χ3v) is 4.54. The Hall–Kier alpha value is -2.69. The number of hydrogen-bond donors (Lipinski definition) is 1. The van der Waals surface area contributed by atoms with Crippen LogP contribution in [0.4, 0.5) is 0 Å². The number of methoxy groups -OCH3 is 2. The number of aryl methyl sites for hydroxylation is 2. The van der Waals surface area contributed by atoms with E-state index < -0.39 is 6.10 Å². The fourth-order valence-electron chi connectivity index (χ4n) is 2.96. The van der Waals surface area contributed by atoms with Crippen molar-refractivity contribution in [3.63, 3.8) is 0 Å². The van der Waals surface area contributed by atoms with Crippen molar-refractivity contribution in [2.75, 3.05) is 14.2 Å². The summed E-state index contributed by atoms with van der Waals surface area (Å²) in [6, 6.07) is 11.5. The summed E-state index contributed by atoms with van der Waals surface area (Å²) in [5.41, 5.74) is 3.14. The Kier molecular flexibility index (Phi) is 7.11. The van der Waals surface area contributed by atoms with Crippen LogP contribution in [0.3, 0.4) is 0 Å². The van der Waals surface area contributed by atoms with Crippen molar-refractivity contribution in [1.29, 1.82) is 0 Å². The van der Waals surface area contributed by atoms with Crippen LogP contribution in [-0.4, -0.2) is 26.2 Å². The lowest BCUT2D eigenvalue weighted by atomic mass is 10.0. The molecule has 0 heterocycles. The highest BCUT2D eigenvalue weighted by atomic mass is 16.5. The molecule has 2 aromatic rings. The van der Waals surface area contributed by atoms with E-state index in [1.165, 1.54) is 0 Å². The van der Waals surface area contributed by atoms with Gasteiger partial charge in [0, 0.05) is 0 Å². The highest BCUT2D eigenvalue weighted by Crippen LogP contribution is 2.31. The van der Waals surface area contributed by atoms with Gasteiger partial charge >= 0.3 is 0 Å². The molecule has 2 aromatic carbocycles. The number of rotatable bonds is 8. The molecule has 2 atom stereocenters. The van der Waals surface area contributed by atoms with Crippen LogP contribution < -0.4 is 19.5 Å². The molecule has 2 rings (SSSR count). The molecule has 0 bridgehead atoms. The Morgan fingerprint density at radius 3 is 2.26 bits per heavy atom. The zero-order valence-electron chi connectivity index (χ0n) is 17.0. The maximum Gasteiger partial charge on any atom is 0.261 e. The van der Waals surface area contributed by atoms with Crippen molar-refractivity contribution in [2.45, 2.75) is 46.3 Å². The molecule has 0 aromatic heterocycles. The molecule has 0 radical (unpaired) electrons. The molecule has 146 valence electrons. The van der Waals surface area contributed by atoms with Gasteiger partial charge in [-0.1, -0.05) is 30.7 Å². The standard InChI is InChI=1S/C22H29NO4/c1-7-18(17-9-11-20(25-5)21(13-17)26-6)23-22(24)16(4)27-19-10-8-14(2)12-15(19)3/h8-13,16,18H,7H2,1-6H3,(H,23,24)/t16-,18+/m0/s1. The summed E-state index contributed by atoms with van der Waals surface area (Å²) in [5, 5.41) is 3.06. The van der Waals surface area contributed by atoms with Crippen molar-refractivity contribution in [3.05, 3.63) is 53.1 Å². The Labute approximate surface area is 161 Å². The Bertz CT molecular complexity index is 788. The summed E-state index contributed by atoms with van der Waals surface area (Å²) in [4.78, 5) is 12.7. The first-order chi connectivity index (χ1) is 12.9. The van der Waals surface area contributed by atoms with Crippen LogP contribution in [0.2, 0.25) is 0 Å². The van der Waals surface area contributed by atoms with Gasteiger partial charge in [0.1, 0.15) is 5.75 Å². The minimum atomic E-state index is -0.597. The monoisotopic (exact) mass is 371 g/mol. The lowest BCUT2D eigenvalue weighted by Crippen LogP contribution is -2.38. The van der Waals surface area contributed by atoms with Crippen molar-refractivity contribution in [1.82, 2.24) is 5.32 Å². The topological polar surface area (TPSA) is 56.8 Å². The summed E-state index contributed by atoms with van der Waals surface area (Å²) in [6.45, 7) is 7.79. The molecule has 0 aliphatic rings. The van der Waals surface area contributed by atoms with Gasteiger partial charge in [0.15, 0.2) is 17.6 Å². The van der Waals surface area contributed by atoms with E-state index in [1.807, 2.05) is 57.2 Å². The van der Waals surface area contributed by atoms with Gasteiger partial charge in [-0.3, -0.25) is 4.79 Å². The van der Waals surface area contributed by atoms with Crippen LogP contribution in [0.5, 0.6) is 17.2 Å². The van der Waals surface area contributed by atoms with Crippen LogP contribution in [0.1, 0.15) is 43.0 Å². The van der Waals surface area contributed by atoms with Crippen LogP contribution >= 0.6 is 0 Å². The average molecular weight is 371 g/mol. The quantitative estimate of drug-likeness (QED) is 0.749. The van der Waals surface area contributed by atoms with Gasteiger partial charge in [-0.05, 0) is 56.5 Å². The molecule has 0 fully saturated rings. The van der Waals surface area contributed by atoms with Gasteiger partial charge < -0.3 is 19.5 Å². The molecule has 0 aliphatic carbocycles. The van der Waals surface area contributed by atoms with E-state index in [4.69, 9.17) is 14.2 Å². The van der Waals surface area contributed by atoms with Crippen LogP contribution in [0.15, 0.2) is 36.4 Å². The van der Waals surface area contributed by atoms with Gasteiger partial charge in [-0.2, -0.15) is 0 Å². The van der Waals surface area contributed by atoms with E-state index in [9.17, 15) is 4.79 Å². The van der Waals surface area contributed by atoms with Crippen molar-refractivity contribution < 1.29 is 19.0 Å². The van der Waals surface area contributed by atoms with Gasteiger partial charge in [-0.25, -0.2) is 0 Å². The highest BCUT2D eigenvalue weighted by molar-refractivity contribution is 5.81. The molecular formula is C22H29NO4. The molecule has 0 unspecified atom stereocenters. The van der Waals surface area contributed by atoms with E-state index in [0.29, 0.717) is 11.5 Å². The summed E-state index contributed by atoms with van der Waals surface area (Å²) in [5.74, 6) is 1.87. The zero-order valence-corrected chi connectivity index (χ0v) is 17.0. The highest BCUT2D eigenvalue weighted by Gasteiger charge is 2.21. The molecule has 5 heteroatoms. The van der Waals surface area contributed by atoms with Gasteiger partial charge in [0.05, 0.1) is 20.3 Å². The lowest BCUT2D eigenvalue weighted by Gasteiger charge is -2.22. The number of nitrogens with one attached hydrogen (secondary N) is 1. The van der Waals surface area contributed by atoms with Gasteiger partial charge in [-0.15, -0.1) is 0 Å². The molecule has 0 aliphatic heterocycles. The van der Waals surface area contributed by atoms with Crippen LogP contribution in [0.25, 0.3) is 0 Å². The maximum absolute atomic E-state index is 12.7. The number of benzene rings is 2. The molecule has 1 N–H and O–H groups in total. The molecule has 0 spiro atoms. The van der Waals surface area contributed by atoms with E-state index in [1.54, 1.807) is 21.1 Å². The van der Waals surface area contributed by atoms with Crippen LogP contribution in [-0.2, 0) is 4.79 Å². The number of carbonyl (C=O) groups excluding carboxylic acids is 1. The third kappa shape index (κ3) is 5.16. The van der Waals surface area contributed by atoms with Crippen molar-refractivity contribution in [2.24, 2.45) is 0 Å². The minimum Gasteiger partial charge on any atom is -0.493 e. The first-order valence-electron chi connectivity index (χ1n) is 9.15. The van der Waals surface area contributed by atoms with E-state index in [0.717, 1.165) is 28.9 Å². The summed E-state index contributed by atoms with van der Waals surface area (Å²) < 4.78 is 16.5. The first kappa shape index (κ1) is 20.6. The second-order valence-corrected chi connectivity index (χ2v) is 6.61. The molecular weight excluding hydrogens is 342 g/mol. The first-order valence-corrected chi connectivity index (χ1v) is 9.15. The molecule has 0 saturated heterocycles. The predicted molar refractivity (Wildman–Crippen MR) is 107 cm³/mol. The molecule has 1 amide bonds. The van der Waals surface area contributed by atoms with Gasteiger partial charge in [0.2, 0.25) is 0 Å². The fourth-order valence-corrected chi connectivity index (χ4v) is 2.96. The Balaban J connectivity index is 2.09.